The fourth-order valence-electron chi connectivity index (χ4n) is 1.86. The van der Waals surface area contributed by atoms with Crippen molar-refractivity contribution in [3.05, 3.63) is 23.3 Å². The molecule has 0 aromatic heterocycles. The van der Waals surface area contributed by atoms with Crippen LogP contribution in [-0.2, 0) is 0 Å². The summed E-state index contributed by atoms with van der Waals surface area (Å²) in [6, 6.07) is 4.13. The number of hydrogen-bond acceptors (Lipinski definition) is 4. The summed E-state index contributed by atoms with van der Waals surface area (Å²) in [6.07, 6.45) is 0. The standard InChI is InChI=1S/C14H22O2.H2O2/c1-9(2)12-7-11(15-5)8-13(10(3)4)14(12)16-6;1-2/h7-10H,1-6H3;1-2H. The van der Waals surface area contributed by atoms with E-state index in [1.807, 2.05) is 0 Å². The van der Waals surface area contributed by atoms with E-state index < -0.39 is 0 Å². The summed E-state index contributed by atoms with van der Waals surface area (Å²) in [7, 11) is 3.44. The average Bonchev–Trinajstić information content (AvgIpc) is 2.39. The molecular formula is C14H24O4. The van der Waals surface area contributed by atoms with Gasteiger partial charge in [0.15, 0.2) is 0 Å². The van der Waals surface area contributed by atoms with Gasteiger partial charge < -0.3 is 9.47 Å². The van der Waals surface area contributed by atoms with Gasteiger partial charge in [-0.1, -0.05) is 27.7 Å². The van der Waals surface area contributed by atoms with Gasteiger partial charge in [-0.25, -0.2) is 0 Å². The predicted molar refractivity (Wildman–Crippen MR) is 73.0 cm³/mol. The topological polar surface area (TPSA) is 58.9 Å². The Hall–Kier alpha value is -1.26. The smallest absolute Gasteiger partial charge is 0.126 e. The van der Waals surface area contributed by atoms with Gasteiger partial charge >= 0.3 is 0 Å². The molecule has 0 saturated heterocycles. The first kappa shape index (κ1) is 16.7. The van der Waals surface area contributed by atoms with Crippen molar-refractivity contribution in [2.75, 3.05) is 14.2 Å². The minimum atomic E-state index is 0.433. The molecule has 18 heavy (non-hydrogen) atoms. The first-order chi connectivity index (χ1) is 8.51. The summed E-state index contributed by atoms with van der Waals surface area (Å²) < 4.78 is 10.9. The van der Waals surface area contributed by atoms with Gasteiger partial charge in [-0.2, -0.15) is 0 Å². The van der Waals surface area contributed by atoms with E-state index in [4.69, 9.17) is 20.0 Å². The monoisotopic (exact) mass is 256 g/mol. The maximum absolute atomic E-state index is 6.00. The minimum Gasteiger partial charge on any atom is -0.497 e. The Labute approximate surface area is 109 Å². The number of benzene rings is 1. The van der Waals surface area contributed by atoms with E-state index in [-0.39, 0.29) is 0 Å². The van der Waals surface area contributed by atoms with Gasteiger partial charge in [0.05, 0.1) is 14.2 Å². The Morgan fingerprint density at radius 3 is 1.44 bits per heavy atom. The quantitative estimate of drug-likeness (QED) is 0.632. The predicted octanol–water partition coefficient (Wildman–Crippen LogP) is 3.97. The van der Waals surface area contributed by atoms with Crippen LogP contribution in [0.2, 0.25) is 0 Å². The minimum absolute atomic E-state index is 0.433. The van der Waals surface area contributed by atoms with Crippen LogP contribution in [-0.4, -0.2) is 24.7 Å². The zero-order chi connectivity index (χ0) is 14.3. The van der Waals surface area contributed by atoms with Crippen LogP contribution in [0.5, 0.6) is 11.5 Å². The molecule has 4 heteroatoms. The molecule has 1 aromatic carbocycles. The highest BCUT2D eigenvalue weighted by molar-refractivity contribution is 5.50. The van der Waals surface area contributed by atoms with E-state index in [1.54, 1.807) is 14.2 Å². The summed E-state index contributed by atoms with van der Waals surface area (Å²) in [4.78, 5) is 0. The van der Waals surface area contributed by atoms with Crippen molar-refractivity contribution in [3.63, 3.8) is 0 Å². The van der Waals surface area contributed by atoms with Crippen molar-refractivity contribution in [1.82, 2.24) is 0 Å². The zero-order valence-electron chi connectivity index (χ0n) is 12.0. The molecule has 2 N–H and O–H groups in total. The SMILES string of the molecule is COc1cc(C(C)C)c(OC)c(C(C)C)c1.OO. The summed E-state index contributed by atoms with van der Waals surface area (Å²) in [5.74, 6) is 2.78. The second kappa shape index (κ2) is 7.95. The summed E-state index contributed by atoms with van der Waals surface area (Å²) in [5, 5.41) is 12.0. The van der Waals surface area contributed by atoms with Gasteiger partial charge in [-0.15, -0.1) is 0 Å². The maximum atomic E-state index is 6.00. The molecule has 0 bridgehead atoms. The van der Waals surface area contributed by atoms with Gasteiger partial charge in [0.1, 0.15) is 11.5 Å². The molecule has 1 aromatic rings. The van der Waals surface area contributed by atoms with Crippen LogP contribution in [0.25, 0.3) is 0 Å². The maximum Gasteiger partial charge on any atom is 0.126 e. The van der Waals surface area contributed by atoms with Gasteiger partial charge in [-0.3, -0.25) is 10.5 Å². The molecule has 0 aliphatic rings. The molecule has 0 aliphatic carbocycles. The first-order valence-electron chi connectivity index (χ1n) is 5.97. The van der Waals surface area contributed by atoms with Crippen molar-refractivity contribution in [2.24, 2.45) is 0 Å². The van der Waals surface area contributed by atoms with E-state index in [2.05, 4.69) is 39.8 Å². The molecule has 0 amide bonds. The van der Waals surface area contributed by atoms with Crippen molar-refractivity contribution in [2.45, 2.75) is 39.5 Å². The molecule has 4 nitrogen and oxygen atoms in total. The average molecular weight is 256 g/mol. The third-order valence-corrected chi connectivity index (χ3v) is 2.80. The fraction of sp³-hybridized carbons (Fsp3) is 0.571. The molecule has 0 aliphatic heterocycles. The Morgan fingerprint density at radius 1 is 0.833 bits per heavy atom. The number of methoxy groups -OCH3 is 2. The molecular weight excluding hydrogens is 232 g/mol. The summed E-state index contributed by atoms with van der Waals surface area (Å²) in [5.41, 5.74) is 2.43. The normalized spacial score (nSPS) is 10.1. The second-order valence-electron chi connectivity index (χ2n) is 4.65. The van der Waals surface area contributed by atoms with Crippen molar-refractivity contribution < 1.29 is 20.0 Å². The molecule has 0 spiro atoms. The molecule has 0 saturated carbocycles. The highest BCUT2D eigenvalue weighted by Gasteiger charge is 2.16. The van der Waals surface area contributed by atoms with E-state index in [1.165, 1.54) is 11.1 Å². The van der Waals surface area contributed by atoms with Crippen molar-refractivity contribution in [3.8, 4) is 11.5 Å². The molecule has 1 rings (SSSR count). The van der Waals surface area contributed by atoms with Crippen LogP contribution >= 0.6 is 0 Å². The lowest BCUT2D eigenvalue weighted by Crippen LogP contribution is -2.02. The van der Waals surface area contributed by atoms with Crippen LogP contribution in [0.3, 0.4) is 0 Å². The second-order valence-corrected chi connectivity index (χ2v) is 4.65. The van der Waals surface area contributed by atoms with Crippen LogP contribution in [0.4, 0.5) is 0 Å². The molecule has 0 atom stereocenters. The third kappa shape index (κ3) is 3.89. The number of ether oxygens (including phenoxy) is 2. The highest BCUT2D eigenvalue weighted by Crippen LogP contribution is 2.37. The van der Waals surface area contributed by atoms with Crippen LogP contribution in [0.15, 0.2) is 12.1 Å². The Balaban J connectivity index is 0.00000137. The zero-order valence-corrected chi connectivity index (χ0v) is 12.0. The lowest BCUT2D eigenvalue weighted by Gasteiger charge is -2.19. The molecule has 0 unspecified atom stereocenters. The molecule has 104 valence electrons. The molecule has 0 heterocycles. The van der Waals surface area contributed by atoms with E-state index in [0.29, 0.717) is 11.8 Å². The fourth-order valence-corrected chi connectivity index (χ4v) is 1.86. The third-order valence-electron chi connectivity index (χ3n) is 2.80. The summed E-state index contributed by atoms with van der Waals surface area (Å²) >= 11 is 0. The first-order valence-corrected chi connectivity index (χ1v) is 5.97. The Morgan fingerprint density at radius 2 is 1.22 bits per heavy atom. The van der Waals surface area contributed by atoms with Gasteiger partial charge in [0, 0.05) is 11.1 Å². The largest absolute Gasteiger partial charge is 0.497 e. The summed E-state index contributed by atoms with van der Waals surface area (Å²) in [6.45, 7) is 8.67. The van der Waals surface area contributed by atoms with Crippen LogP contribution < -0.4 is 9.47 Å². The Kier molecular flexibility index (Phi) is 7.39. The Bertz CT molecular complexity index is 330. The van der Waals surface area contributed by atoms with E-state index >= 15 is 0 Å². The van der Waals surface area contributed by atoms with E-state index in [0.717, 1.165) is 11.5 Å². The highest BCUT2D eigenvalue weighted by atomic mass is 17.0. The van der Waals surface area contributed by atoms with E-state index in [9.17, 15) is 0 Å². The molecule has 0 radical (unpaired) electrons. The van der Waals surface area contributed by atoms with Crippen LogP contribution in [0, 0.1) is 0 Å². The van der Waals surface area contributed by atoms with Gasteiger partial charge in [0.25, 0.3) is 0 Å². The molecule has 0 fully saturated rings. The van der Waals surface area contributed by atoms with Crippen LogP contribution in [0.1, 0.15) is 50.7 Å². The number of hydrogen-bond donors (Lipinski definition) is 2. The lowest BCUT2D eigenvalue weighted by atomic mass is 9.93. The number of rotatable bonds is 4. The van der Waals surface area contributed by atoms with Gasteiger partial charge in [0.2, 0.25) is 0 Å². The van der Waals surface area contributed by atoms with Crippen molar-refractivity contribution >= 4 is 0 Å². The lowest BCUT2D eigenvalue weighted by molar-refractivity contribution is -0.176. The van der Waals surface area contributed by atoms with Gasteiger partial charge in [-0.05, 0) is 24.0 Å². The van der Waals surface area contributed by atoms with Crippen molar-refractivity contribution in [1.29, 1.82) is 0 Å².